The number of aliphatic carboxylic acids is 1. The van der Waals surface area contributed by atoms with E-state index in [0.29, 0.717) is 12.0 Å². The van der Waals surface area contributed by atoms with Gasteiger partial charge in [0, 0.05) is 6.42 Å². The van der Waals surface area contributed by atoms with Gasteiger partial charge >= 0.3 is 5.97 Å². The number of aryl methyl sites for hydroxylation is 1. The van der Waals surface area contributed by atoms with Crippen LogP contribution < -0.4 is 10.1 Å². The highest BCUT2D eigenvalue weighted by molar-refractivity contribution is 5.88. The van der Waals surface area contributed by atoms with Gasteiger partial charge in [0.05, 0.1) is 7.11 Å². The summed E-state index contributed by atoms with van der Waals surface area (Å²) in [6.07, 6.45) is 0.976. The van der Waals surface area contributed by atoms with Crippen LogP contribution in [0.1, 0.15) is 30.9 Å². The first-order chi connectivity index (χ1) is 12.0. The van der Waals surface area contributed by atoms with Gasteiger partial charge in [-0.25, -0.2) is 4.79 Å². The molecule has 1 amide bonds. The van der Waals surface area contributed by atoms with Gasteiger partial charge in [-0.05, 0) is 36.1 Å². The fourth-order valence-corrected chi connectivity index (χ4v) is 2.80. The fourth-order valence-electron chi connectivity index (χ4n) is 2.80. The molecule has 0 aliphatic carbocycles. The Hall–Kier alpha value is -2.82. The molecule has 0 aliphatic rings. The second-order valence-electron chi connectivity index (χ2n) is 5.83. The average Bonchev–Trinajstić information content (AvgIpc) is 2.65. The second kappa shape index (κ2) is 8.33. The molecule has 1 atom stereocenters. The lowest BCUT2D eigenvalue weighted by Crippen LogP contribution is -2.51. The Kier molecular flexibility index (Phi) is 6.17. The zero-order valence-corrected chi connectivity index (χ0v) is 14.5. The lowest BCUT2D eigenvalue weighted by atomic mass is 9.87. The number of ether oxygens (including phenoxy) is 1. The number of hydrogen-bond donors (Lipinski definition) is 2. The Labute approximate surface area is 147 Å². The topological polar surface area (TPSA) is 75.6 Å². The van der Waals surface area contributed by atoms with Crippen molar-refractivity contribution in [1.82, 2.24) is 5.32 Å². The molecule has 5 heteroatoms. The number of nitrogens with one attached hydrogen (secondary N) is 1. The van der Waals surface area contributed by atoms with Crippen molar-refractivity contribution in [2.75, 3.05) is 7.11 Å². The number of carbonyl (C=O) groups excluding carboxylic acids is 1. The van der Waals surface area contributed by atoms with Crippen LogP contribution in [0, 0.1) is 0 Å². The van der Waals surface area contributed by atoms with Crippen molar-refractivity contribution in [3.63, 3.8) is 0 Å². The molecular weight excluding hydrogens is 318 g/mol. The van der Waals surface area contributed by atoms with Gasteiger partial charge in [-0.15, -0.1) is 0 Å². The van der Waals surface area contributed by atoms with Gasteiger partial charge in [-0.1, -0.05) is 49.4 Å². The lowest BCUT2D eigenvalue weighted by molar-refractivity contribution is -0.148. The van der Waals surface area contributed by atoms with Crippen LogP contribution in [0.3, 0.4) is 0 Å². The number of carboxylic acid groups (broad SMARTS) is 1. The minimum Gasteiger partial charge on any atom is -0.497 e. The number of methoxy groups -OCH3 is 1. The van der Waals surface area contributed by atoms with Crippen molar-refractivity contribution in [3.05, 3.63) is 65.7 Å². The zero-order chi connectivity index (χ0) is 18.3. The highest BCUT2D eigenvalue weighted by Gasteiger charge is 2.39. The molecule has 0 aliphatic heterocycles. The van der Waals surface area contributed by atoms with E-state index < -0.39 is 11.5 Å². The Morgan fingerprint density at radius 3 is 2.44 bits per heavy atom. The van der Waals surface area contributed by atoms with Crippen LogP contribution in [0.15, 0.2) is 54.6 Å². The number of hydrogen-bond acceptors (Lipinski definition) is 3. The van der Waals surface area contributed by atoms with Crippen LogP contribution in [0.5, 0.6) is 5.75 Å². The van der Waals surface area contributed by atoms with Crippen LogP contribution in [0.4, 0.5) is 0 Å². The molecule has 0 saturated carbocycles. The van der Waals surface area contributed by atoms with E-state index in [0.717, 1.165) is 11.3 Å². The van der Waals surface area contributed by atoms with Gasteiger partial charge in [0.1, 0.15) is 5.75 Å². The van der Waals surface area contributed by atoms with Gasteiger partial charge < -0.3 is 15.2 Å². The maximum Gasteiger partial charge on any atom is 0.334 e. The molecule has 0 heterocycles. The van der Waals surface area contributed by atoms with Crippen molar-refractivity contribution in [2.24, 2.45) is 0 Å². The Balaban J connectivity index is 2.11. The molecule has 25 heavy (non-hydrogen) atoms. The first-order valence-corrected chi connectivity index (χ1v) is 8.24. The Morgan fingerprint density at radius 2 is 1.84 bits per heavy atom. The number of rotatable bonds is 8. The SMILES string of the molecule is CCC(NC(=O)CCc1cccc(OC)c1)(C(=O)O)c1ccccc1. The van der Waals surface area contributed by atoms with E-state index in [-0.39, 0.29) is 18.7 Å². The van der Waals surface area contributed by atoms with E-state index in [1.165, 1.54) is 0 Å². The van der Waals surface area contributed by atoms with Crippen LogP contribution in [-0.2, 0) is 21.5 Å². The quantitative estimate of drug-likeness (QED) is 0.773. The summed E-state index contributed by atoms with van der Waals surface area (Å²) in [7, 11) is 1.59. The van der Waals surface area contributed by atoms with E-state index in [1.807, 2.05) is 30.3 Å². The van der Waals surface area contributed by atoms with Crippen LogP contribution in [0.2, 0.25) is 0 Å². The van der Waals surface area contributed by atoms with Gasteiger partial charge in [0.2, 0.25) is 5.91 Å². The van der Waals surface area contributed by atoms with Crippen molar-refractivity contribution < 1.29 is 19.4 Å². The number of carbonyl (C=O) groups is 2. The van der Waals surface area contributed by atoms with E-state index in [4.69, 9.17) is 4.74 Å². The fraction of sp³-hybridized carbons (Fsp3) is 0.300. The van der Waals surface area contributed by atoms with Crippen LogP contribution in [-0.4, -0.2) is 24.1 Å². The number of amides is 1. The summed E-state index contributed by atoms with van der Waals surface area (Å²) in [6, 6.07) is 16.3. The maximum atomic E-state index is 12.4. The van der Waals surface area contributed by atoms with E-state index in [9.17, 15) is 14.7 Å². The molecule has 5 nitrogen and oxygen atoms in total. The molecule has 2 N–H and O–H groups in total. The van der Waals surface area contributed by atoms with Crippen molar-refractivity contribution in [2.45, 2.75) is 31.7 Å². The highest BCUT2D eigenvalue weighted by atomic mass is 16.5. The molecule has 0 aromatic heterocycles. The van der Waals surface area contributed by atoms with Crippen LogP contribution in [0.25, 0.3) is 0 Å². The predicted molar refractivity (Wildman–Crippen MR) is 95.5 cm³/mol. The lowest BCUT2D eigenvalue weighted by Gasteiger charge is -2.30. The summed E-state index contributed by atoms with van der Waals surface area (Å²) >= 11 is 0. The smallest absolute Gasteiger partial charge is 0.334 e. The molecular formula is C20H23NO4. The first-order valence-electron chi connectivity index (χ1n) is 8.24. The Bertz CT molecular complexity index is 729. The Morgan fingerprint density at radius 1 is 1.12 bits per heavy atom. The second-order valence-corrected chi connectivity index (χ2v) is 5.83. The van der Waals surface area contributed by atoms with Crippen molar-refractivity contribution >= 4 is 11.9 Å². The molecule has 1 unspecified atom stereocenters. The average molecular weight is 341 g/mol. The first kappa shape index (κ1) is 18.5. The third-order valence-electron chi connectivity index (χ3n) is 4.29. The minimum atomic E-state index is -1.41. The monoisotopic (exact) mass is 341 g/mol. The largest absolute Gasteiger partial charge is 0.497 e. The van der Waals surface area contributed by atoms with Crippen LogP contribution >= 0.6 is 0 Å². The van der Waals surface area contributed by atoms with E-state index in [2.05, 4.69) is 5.32 Å². The van der Waals surface area contributed by atoms with Crippen molar-refractivity contribution in [1.29, 1.82) is 0 Å². The molecule has 2 aromatic rings. The number of carboxylic acids is 1. The summed E-state index contributed by atoms with van der Waals surface area (Å²) in [5.74, 6) is -0.623. The molecule has 2 aromatic carbocycles. The predicted octanol–water partition coefficient (Wildman–Crippen LogP) is 3.13. The van der Waals surface area contributed by atoms with Gasteiger partial charge in [-0.2, -0.15) is 0 Å². The molecule has 0 radical (unpaired) electrons. The molecule has 0 saturated heterocycles. The van der Waals surface area contributed by atoms with E-state index >= 15 is 0 Å². The molecule has 0 fully saturated rings. The van der Waals surface area contributed by atoms with Gasteiger partial charge in [0.25, 0.3) is 0 Å². The number of benzene rings is 2. The molecule has 0 bridgehead atoms. The van der Waals surface area contributed by atoms with Crippen molar-refractivity contribution in [3.8, 4) is 5.75 Å². The molecule has 132 valence electrons. The van der Waals surface area contributed by atoms with Gasteiger partial charge in [-0.3, -0.25) is 4.79 Å². The zero-order valence-electron chi connectivity index (χ0n) is 14.5. The summed E-state index contributed by atoms with van der Waals surface area (Å²) < 4.78 is 5.17. The third kappa shape index (κ3) is 4.38. The van der Waals surface area contributed by atoms with Gasteiger partial charge in [0.15, 0.2) is 5.54 Å². The minimum absolute atomic E-state index is 0.203. The summed E-state index contributed by atoms with van der Waals surface area (Å²) in [6.45, 7) is 1.75. The van der Waals surface area contributed by atoms with E-state index in [1.54, 1.807) is 38.3 Å². The highest BCUT2D eigenvalue weighted by Crippen LogP contribution is 2.26. The maximum absolute atomic E-state index is 12.4. The third-order valence-corrected chi connectivity index (χ3v) is 4.29. The molecule has 2 rings (SSSR count). The standard InChI is InChI=1S/C20H23NO4/c1-3-20(19(23)24,16-9-5-4-6-10-16)21-18(22)13-12-15-8-7-11-17(14-15)25-2/h4-11,14H,3,12-13H2,1-2H3,(H,21,22)(H,23,24). The normalized spacial score (nSPS) is 12.9. The summed E-state index contributed by atoms with van der Waals surface area (Å²) in [5, 5.41) is 12.5. The summed E-state index contributed by atoms with van der Waals surface area (Å²) in [5.41, 5.74) is 0.124. The molecule has 0 spiro atoms. The summed E-state index contributed by atoms with van der Waals surface area (Å²) in [4.78, 5) is 24.3.